The molecule has 0 aliphatic heterocycles. The molecule has 0 aromatic heterocycles. The van der Waals surface area contributed by atoms with Crippen LogP contribution in [0.2, 0.25) is 0 Å². The molecule has 1 amide bonds. The van der Waals surface area contributed by atoms with Gasteiger partial charge in [0, 0.05) is 25.0 Å². The van der Waals surface area contributed by atoms with Crippen molar-refractivity contribution in [2.24, 2.45) is 0 Å². The van der Waals surface area contributed by atoms with Gasteiger partial charge in [-0.1, -0.05) is 19.1 Å². The van der Waals surface area contributed by atoms with Gasteiger partial charge in [0.2, 0.25) is 5.91 Å². The minimum atomic E-state index is 0.0908. The van der Waals surface area contributed by atoms with E-state index in [4.69, 9.17) is 4.74 Å². The fourth-order valence-corrected chi connectivity index (χ4v) is 1.99. The molecule has 0 radical (unpaired) electrons. The minimum absolute atomic E-state index is 0.0908. The third-order valence-corrected chi connectivity index (χ3v) is 3.11. The van der Waals surface area contributed by atoms with Crippen LogP contribution in [0, 0.1) is 0 Å². The van der Waals surface area contributed by atoms with Crippen LogP contribution in [0.4, 0.5) is 0 Å². The lowest BCUT2D eigenvalue weighted by Crippen LogP contribution is -2.33. The fraction of sp³-hybridized carbons (Fsp3) is 0.588. The third kappa shape index (κ3) is 7.14. The first-order chi connectivity index (χ1) is 10.0. The van der Waals surface area contributed by atoms with Crippen LogP contribution < -0.4 is 15.4 Å². The summed E-state index contributed by atoms with van der Waals surface area (Å²) in [6, 6.07) is 8.54. The second-order valence-corrected chi connectivity index (χ2v) is 5.57. The predicted octanol–water partition coefficient (Wildman–Crippen LogP) is 3.04. The molecule has 1 aromatic carbocycles. The first kappa shape index (κ1) is 17.5. The van der Waals surface area contributed by atoms with E-state index in [0.29, 0.717) is 13.0 Å². The number of benzene rings is 1. The number of nitrogens with one attached hydrogen (secondary N) is 2. The Bertz CT molecular complexity index is 415. The molecule has 0 saturated heterocycles. The molecule has 1 rings (SSSR count). The largest absolute Gasteiger partial charge is 0.494 e. The van der Waals surface area contributed by atoms with Gasteiger partial charge in [-0.15, -0.1) is 0 Å². The van der Waals surface area contributed by atoms with Crippen molar-refractivity contribution in [3.05, 3.63) is 29.8 Å². The van der Waals surface area contributed by atoms with Crippen LogP contribution in [0.5, 0.6) is 5.75 Å². The van der Waals surface area contributed by atoms with Crippen LogP contribution in [0.3, 0.4) is 0 Å². The normalized spacial score (nSPS) is 12.2. The summed E-state index contributed by atoms with van der Waals surface area (Å²) in [4.78, 5) is 11.5. The first-order valence-corrected chi connectivity index (χ1v) is 7.78. The summed E-state index contributed by atoms with van der Waals surface area (Å²) in [6.45, 7) is 9.55. The highest BCUT2D eigenvalue weighted by Crippen LogP contribution is 2.17. The Morgan fingerprint density at radius 1 is 1.19 bits per heavy atom. The highest BCUT2D eigenvalue weighted by molar-refractivity contribution is 5.76. The molecule has 2 N–H and O–H groups in total. The number of carbonyl (C=O) groups excluding carboxylic acids is 1. The van der Waals surface area contributed by atoms with Gasteiger partial charge >= 0.3 is 0 Å². The zero-order valence-corrected chi connectivity index (χ0v) is 13.6. The van der Waals surface area contributed by atoms with Crippen LogP contribution in [0.1, 0.15) is 52.1 Å². The van der Waals surface area contributed by atoms with Gasteiger partial charge in [0.15, 0.2) is 0 Å². The molecule has 0 saturated carbocycles. The van der Waals surface area contributed by atoms with Crippen LogP contribution in [-0.4, -0.2) is 25.1 Å². The summed E-state index contributed by atoms with van der Waals surface area (Å²) in [6.07, 6.45) is 1.51. The van der Waals surface area contributed by atoms with E-state index in [0.717, 1.165) is 18.8 Å². The average Bonchev–Trinajstić information content (AvgIpc) is 2.44. The number of amides is 1. The van der Waals surface area contributed by atoms with Crippen molar-refractivity contribution in [2.75, 3.05) is 13.2 Å². The molecule has 0 aliphatic carbocycles. The third-order valence-electron chi connectivity index (χ3n) is 3.11. The van der Waals surface area contributed by atoms with Crippen molar-refractivity contribution < 1.29 is 9.53 Å². The van der Waals surface area contributed by atoms with E-state index in [1.54, 1.807) is 0 Å². The second kappa shape index (κ2) is 9.40. The number of ether oxygens (including phenoxy) is 1. The van der Waals surface area contributed by atoms with E-state index < -0.39 is 0 Å². The van der Waals surface area contributed by atoms with Crippen molar-refractivity contribution in [1.29, 1.82) is 0 Å². The highest BCUT2D eigenvalue weighted by Gasteiger charge is 2.07. The van der Waals surface area contributed by atoms with Crippen molar-refractivity contribution in [1.82, 2.24) is 10.6 Å². The van der Waals surface area contributed by atoms with Gasteiger partial charge < -0.3 is 15.4 Å². The Hall–Kier alpha value is -1.55. The lowest BCUT2D eigenvalue weighted by Gasteiger charge is -2.15. The van der Waals surface area contributed by atoms with Crippen molar-refractivity contribution in [2.45, 2.75) is 52.6 Å². The van der Waals surface area contributed by atoms with E-state index in [-0.39, 0.29) is 18.0 Å². The molecule has 1 unspecified atom stereocenters. The Labute approximate surface area is 128 Å². The van der Waals surface area contributed by atoms with Crippen molar-refractivity contribution in [3.63, 3.8) is 0 Å². The zero-order chi connectivity index (χ0) is 15.7. The molecular weight excluding hydrogens is 264 g/mol. The van der Waals surface area contributed by atoms with Gasteiger partial charge in [-0.05, 0) is 44.9 Å². The predicted molar refractivity (Wildman–Crippen MR) is 86.5 cm³/mol. The van der Waals surface area contributed by atoms with E-state index in [1.165, 1.54) is 5.56 Å². The van der Waals surface area contributed by atoms with Crippen LogP contribution >= 0.6 is 0 Å². The summed E-state index contributed by atoms with van der Waals surface area (Å²) in [7, 11) is 0. The first-order valence-electron chi connectivity index (χ1n) is 7.78. The second-order valence-electron chi connectivity index (χ2n) is 5.57. The van der Waals surface area contributed by atoms with E-state index in [1.807, 2.05) is 26.0 Å². The molecule has 0 fully saturated rings. The molecule has 21 heavy (non-hydrogen) atoms. The summed E-state index contributed by atoms with van der Waals surface area (Å²) < 4.78 is 5.57. The Balaban J connectivity index is 2.34. The maximum Gasteiger partial charge on any atom is 0.221 e. The van der Waals surface area contributed by atoms with Crippen molar-refractivity contribution >= 4 is 5.91 Å². The molecule has 0 spiro atoms. The number of hydrogen-bond donors (Lipinski definition) is 2. The molecule has 4 heteroatoms. The Morgan fingerprint density at radius 2 is 1.86 bits per heavy atom. The fourth-order valence-electron chi connectivity index (χ4n) is 1.99. The Kier molecular flexibility index (Phi) is 7.83. The SMILES string of the molecule is CCCOc1ccc(C(C)NCCC(=O)NC(C)C)cc1. The molecule has 1 atom stereocenters. The van der Waals surface area contributed by atoms with Crippen LogP contribution in [-0.2, 0) is 4.79 Å². The number of carbonyl (C=O) groups is 1. The molecule has 0 bridgehead atoms. The molecule has 118 valence electrons. The minimum Gasteiger partial charge on any atom is -0.494 e. The maximum absolute atomic E-state index is 11.5. The van der Waals surface area contributed by atoms with Crippen LogP contribution in [0.15, 0.2) is 24.3 Å². The highest BCUT2D eigenvalue weighted by atomic mass is 16.5. The zero-order valence-electron chi connectivity index (χ0n) is 13.6. The van der Waals surface area contributed by atoms with Gasteiger partial charge in [-0.2, -0.15) is 0 Å². The quantitative estimate of drug-likeness (QED) is 0.735. The topological polar surface area (TPSA) is 50.4 Å². The average molecular weight is 292 g/mol. The lowest BCUT2D eigenvalue weighted by atomic mass is 10.1. The maximum atomic E-state index is 11.5. The van der Waals surface area contributed by atoms with Gasteiger partial charge in [0.05, 0.1) is 6.61 Å². The van der Waals surface area contributed by atoms with Gasteiger partial charge in [-0.25, -0.2) is 0 Å². The van der Waals surface area contributed by atoms with E-state index in [9.17, 15) is 4.79 Å². The van der Waals surface area contributed by atoms with Gasteiger partial charge in [0.25, 0.3) is 0 Å². The summed E-state index contributed by atoms with van der Waals surface area (Å²) in [5.74, 6) is 0.997. The van der Waals surface area contributed by atoms with E-state index in [2.05, 4.69) is 36.6 Å². The van der Waals surface area contributed by atoms with Crippen molar-refractivity contribution in [3.8, 4) is 5.75 Å². The lowest BCUT2D eigenvalue weighted by molar-refractivity contribution is -0.121. The summed E-state index contributed by atoms with van der Waals surface area (Å²) >= 11 is 0. The standard InChI is InChI=1S/C17H28N2O2/c1-5-12-21-16-8-6-15(7-9-16)14(4)18-11-10-17(20)19-13(2)3/h6-9,13-14,18H,5,10-12H2,1-4H3,(H,19,20). The molecule has 1 aromatic rings. The smallest absolute Gasteiger partial charge is 0.221 e. The summed E-state index contributed by atoms with van der Waals surface area (Å²) in [5.41, 5.74) is 1.20. The monoisotopic (exact) mass is 292 g/mol. The number of rotatable bonds is 9. The number of hydrogen-bond acceptors (Lipinski definition) is 3. The molecule has 4 nitrogen and oxygen atoms in total. The molecule has 0 aliphatic rings. The van der Waals surface area contributed by atoms with Gasteiger partial charge in [0.1, 0.15) is 5.75 Å². The van der Waals surface area contributed by atoms with E-state index >= 15 is 0 Å². The van der Waals surface area contributed by atoms with Crippen LogP contribution in [0.25, 0.3) is 0 Å². The molecule has 0 heterocycles. The Morgan fingerprint density at radius 3 is 2.43 bits per heavy atom. The summed E-state index contributed by atoms with van der Waals surface area (Å²) in [5, 5.41) is 6.25. The molecular formula is C17H28N2O2. The van der Waals surface area contributed by atoms with Gasteiger partial charge in [-0.3, -0.25) is 4.79 Å².